The Bertz CT molecular complexity index is 437. The summed E-state index contributed by atoms with van der Waals surface area (Å²) in [5.74, 6) is -1.13. The molecule has 5 nitrogen and oxygen atoms in total. The molecule has 0 aliphatic heterocycles. The summed E-state index contributed by atoms with van der Waals surface area (Å²) in [6.45, 7) is 1.61. The van der Waals surface area contributed by atoms with Gasteiger partial charge >= 0.3 is 5.97 Å². The number of carboxylic acids is 1. The van der Waals surface area contributed by atoms with Gasteiger partial charge in [-0.1, -0.05) is 12.1 Å². The third kappa shape index (κ3) is 2.63. The van der Waals surface area contributed by atoms with E-state index >= 15 is 0 Å². The fourth-order valence-corrected chi connectivity index (χ4v) is 1.23. The van der Waals surface area contributed by atoms with Crippen LogP contribution in [0.3, 0.4) is 0 Å². The average molecular weight is 207 g/mol. The second kappa shape index (κ2) is 4.36. The van der Waals surface area contributed by atoms with Crippen LogP contribution in [-0.4, -0.2) is 16.0 Å². The molecule has 0 atom stereocenters. The Morgan fingerprint density at radius 2 is 2.20 bits per heavy atom. The monoisotopic (exact) mass is 207 g/mol. The van der Waals surface area contributed by atoms with E-state index in [0.29, 0.717) is 11.1 Å². The molecule has 1 aromatic rings. The zero-order chi connectivity index (χ0) is 11.4. The molecule has 78 valence electrons. The van der Waals surface area contributed by atoms with Gasteiger partial charge in [-0.15, -0.1) is 0 Å². The average Bonchev–Trinajstić information content (AvgIpc) is 2.13. The molecule has 0 aliphatic rings. The Hall–Kier alpha value is -2.17. The largest absolute Gasteiger partial charge is 0.478 e. The van der Waals surface area contributed by atoms with E-state index in [1.54, 1.807) is 19.1 Å². The number of carbonyl (C=O) groups is 1. The smallest absolute Gasteiger partial charge is 0.328 e. The predicted octanol–water partition coefficient (Wildman–Crippen LogP) is 2.00. The molecule has 0 saturated heterocycles. The number of nitro groups is 1. The van der Waals surface area contributed by atoms with Crippen molar-refractivity contribution in [3.05, 3.63) is 45.5 Å². The lowest BCUT2D eigenvalue weighted by Gasteiger charge is -1.99. The highest BCUT2D eigenvalue weighted by Crippen LogP contribution is 2.23. The van der Waals surface area contributed by atoms with E-state index in [1.165, 1.54) is 12.1 Å². The van der Waals surface area contributed by atoms with Crippen LogP contribution >= 0.6 is 0 Å². The molecule has 1 rings (SSSR count). The molecule has 0 saturated carbocycles. The highest BCUT2D eigenvalue weighted by molar-refractivity contribution is 5.86. The van der Waals surface area contributed by atoms with Gasteiger partial charge in [-0.3, -0.25) is 10.1 Å². The van der Waals surface area contributed by atoms with E-state index in [4.69, 9.17) is 5.11 Å². The normalized spacial score (nSPS) is 10.5. The van der Waals surface area contributed by atoms with Crippen LogP contribution in [0.1, 0.15) is 11.1 Å². The number of aliphatic carboxylic acids is 1. The molecular formula is C10H9NO4. The van der Waals surface area contributed by atoms with Gasteiger partial charge in [0.2, 0.25) is 0 Å². The number of aryl methyl sites for hydroxylation is 1. The Labute approximate surface area is 85.8 Å². The number of carboxylic acid groups (broad SMARTS) is 1. The van der Waals surface area contributed by atoms with Crippen LogP contribution in [0.5, 0.6) is 0 Å². The number of hydrogen-bond donors (Lipinski definition) is 1. The maximum atomic E-state index is 10.7. The van der Waals surface area contributed by atoms with Crippen LogP contribution in [0, 0.1) is 17.0 Å². The summed E-state index contributed by atoms with van der Waals surface area (Å²) < 4.78 is 0. The molecule has 0 fully saturated rings. The molecule has 0 unspecified atom stereocenters. The molecule has 5 heteroatoms. The Balaban J connectivity index is 3.23. The quantitative estimate of drug-likeness (QED) is 0.467. The van der Waals surface area contributed by atoms with Crippen molar-refractivity contribution in [3.63, 3.8) is 0 Å². The van der Waals surface area contributed by atoms with E-state index in [2.05, 4.69) is 0 Å². The summed E-state index contributed by atoms with van der Waals surface area (Å²) >= 11 is 0. The van der Waals surface area contributed by atoms with Crippen molar-refractivity contribution in [2.24, 2.45) is 0 Å². The molecule has 0 heterocycles. The third-order valence-electron chi connectivity index (χ3n) is 1.86. The number of nitro benzene ring substituents is 1. The van der Waals surface area contributed by atoms with Crippen molar-refractivity contribution >= 4 is 17.7 Å². The van der Waals surface area contributed by atoms with Gasteiger partial charge in [-0.25, -0.2) is 4.79 Å². The molecule has 1 N–H and O–H groups in total. The molecular weight excluding hydrogens is 198 g/mol. The van der Waals surface area contributed by atoms with Gasteiger partial charge in [0, 0.05) is 11.6 Å². The number of benzene rings is 1. The molecule has 0 aliphatic carbocycles. The van der Waals surface area contributed by atoms with Crippen molar-refractivity contribution in [2.45, 2.75) is 6.92 Å². The first kappa shape index (κ1) is 10.9. The number of para-hydroxylation sites is 1. The van der Waals surface area contributed by atoms with Gasteiger partial charge in [0.1, 0.15) is 0 Å². The molecule has 0 amide bonds. The number of nitrogens with zero attached hydrogens (tertiary/aromatic N) is 1. The fraction of sp³-hybridized carbons (Fsp3) is 0.100. The molecule has 0 radical (unpaired) electrons. The van der Waals surface area contributed by atoms with E-state index in [9.17, 15) is 14.9 Å². The molecule has 1 aromatic carbocycles. The van der Waals surface area contributed by atoms with Crippen molar-refractivity contribution in [1.29, 1.82) is 0 Å². The number of rotatable bonds is 3. The van der Waals surface area contributed by atoms with Crippen molar-refractivity contribution in [1.82, 2.24) is 0 Å². The molecule has 0 bridgehead atoms. The topological polar surface area (TPSA) is 80.4 Å². The van der Waals surface area contributed by atoms with Gasteiger partial charge < -0.3 is 5.11 Å². The first-order chi connectivity index (χ1) is 7.02. The van der Waals surface area contributed by atoms with E-state index in [1.807, 2.05) is 0 Å². The summed E-state index contributed by atoms with van der Waals surface area (Å²) in [6.07, 6.45) is 2.09. The van der Waals surface area contributed by atoms with E-state index < -0.39 is 10.9 Å². The minimum atomic E-state index is -1.13. The molecule has 0 aromatic heterocycles. The first-order valence-electron chi connectivity index (χ1n) is 4.17. The van der Waals surface area contributed by atoms with Crippen LogP contribution < -0.4 is 0 Å². The highest BCUT2D eigenvalue weighted by atomic mass is 16.6. The maximum Gasteiger partial charge on any atom is 0.328 e. The lowest BCUT2D eigenvalue weighted by molar-refractivity contribution is -0.385. The second-order valence-corrected chi connectivity index (χ2v) is 2.94. The van der Waals surface area contributed by atoms with Gasteiger partial charge in [-0.2, -0.15) is 0 Å². The summed E-state index contributed by atoms with van der Waals surface area (Å²) in [5, 5.41) is 19.1. The fourth-order valence-electron chi connectivity index (χ4n) is 1.23. The maximum absolute atomic E-state index is 10.7. The van der Waals surface area contributed by atoms with Crippen LogP contribution in [-0.2, 0) is 4.79 Å². The minimum absolute atomic E-state index is 0.0602. The summed E-state index contributed by atoms with van der Waals surface area (Å²) in [5.41, 5.74) is 0.741. The zero-order valence-corrected chi connectivity index (χ0v) is 8.01. The van der Waals surface area contributed by atoms with Gasteiger partial charge in [0.25, 0.3) is 5.69 Å². The van der Waals surface area contributed by atoms with Crippen LogP contribution in [0.25, 0.3) is 6.08 Å². The second-order valence-electron chi connectivity index (χ2n) is 2.94. The summed E-state index contributed by atoms with van der Waals surface area (Å²) in [7, 11) is 0. The Morgan fingerprint density at radius 1 is 1.53 bits per heavy atom. The Morgan fingerprint density at radius 3 is 2.73 bits per heavy atom. The summed E-state index contributed by atoms with van der Waals surface area (Å²) in [4.78, 5) is 20.5. The van der Waals surface area contributed by atoms with Gasteiger partial charge in [-0.05, 0) is 19.1 Å². The van der Waals surface area contributed by atoms with Crippen molar-refractivity contribution < 1.29 is 14.8 Å². The first-order valence-corrected chi connectivity index (χ1v) is 4.17. The van der Waals surface area contributed by atoms with Gasteiger partial charge in [0.05, 0.1) is 10.5 Å². The lowest BCUT2D eigenvalue weighted by Crippen LogP contribution is -1.95. The zero-order valence-electron chi connectivity index (χ0n) is 8.01. The molecule has 0 spiro atoms. The van der Waals surface area contributed by atoms with E-state index in [-0.39, 0.29) is 5.69 Å². The lowest BCUT2D eigenvalue weighted by atomic mass is 10.1. The SMILES string of the molecule is Cc1cccc(C=CC(=O)O)c1[N+](=O)[O-]. The minimum Gasteiger partial charge on any atom is -0.478 e. The summed E-state index contributed by atoms with van der Waals surface area (Å²) in [6, 6.07) is 4.75. The van der Waals surface area contributed by atoms with Crippen LogP contribution in [0.15, 0.2) is 24.3 Å². The molecule has 15 heavy (non-hydrogen) atoms. The highest BCUT2D eigenvalue weighted by Gasteiger charge is 2.14. The van der Waals surface area contributed by atoms with Crippen molar-refractivity contribution in [2.75, 3.05) is 0 Å². The number of hydrogen-bond acceptors (Lipinski definition) is 3. The third-order valence-corrected chi connectivity index (χ3v) is 1.86. The van der Waals surface area contributed by atoms with E-state index in [0.717, 1.165) is 6.08 Å². The van der Waals surface area contributed by atoms with Crippen molar-refractivity contribution in [3.8, 4) is 0 Å². The van der Waals surface area contributed by atoms with Gasteiger partial charge in [0.15, 0.2) is 0 Å². The standard InChI is InChI=1S/C10H9NO4/c1-7-3-2-4-8(5-6-9(12)13)10(7)11(14)15/h2-6H,1H3,(H,12,13). The van der Waals surface area contributed by atoms with Crippen LogP contribution in [0.2, 0.25) is 0 Å². The predicted molar refractivity (Wildman–Crippen MR) is 54.5 cm³/mol. The van der Waals surface area contributed by atoms with Crippen LogP contribution in [0.4, 0.5) is 5.69 Å². The Kier molecular flexibility index (Phi) is 3.17.